The van der Waals surface area contributed by atoms with Crippen LogP contribution < -0.4 is 0 Å². The van der Waals surface area contributed by atoms with Gasteiger partial charge in [-0.15, -0.1) is 0 Å². The van der Waals surface area contributed by atoms with Crippen molar-refractivity contribution in [3.05, 3.63) is 154 Å². The number of hydrogen-bond acceptors (Lipinski definition) is 10. The summed E-state index contributed by atoms with van der Waals surface area (Å²) < 4.78 is 11.8. The quantitative estimate of drug-likeness (QED) is 0.143. The van der Waals surface area contributed by atoms with Crippen LogP contribution in [0, 0.1) is 83.1 Å². The third-order valence-corrected chi connectivity index (χ3v) is 13.8. The van der Waals surface area contributed by atoms with Gasteiger partial charge in [0.1, 0.15) is 11.0 Å². The van der Waals surface area contributed by atoms with E-state index in [1.165, 1.54) is 83.1 Å². The number of pyridine rings is 4. The number of aryl methyl sites for hydroxylation is 18. The Kier molecular flexibility index (Phi) is 32.0. The van der Waals surface area contributed by atoms with Crippen molar-refractivity contribution >= 4 is 66.1 Å². The van der Waals surface area contributed by atoms with E-state index in [0.717, 1.165) is 50.0 Å². The fourth-order valence-corrected chi connectivity index (χ4v) is 8.76. The van der Waals surface area contributed by atoms with E-state index < -0.39 is 0 Å². The molecule has 0 amide bonds. The van der Waals surface area contributed by atoms with Gasteiger partial charge in [-0.05, 0) is 145 Å². The van der Waals surface area contributed by atoms with Crippen LogP contribution >= 0.6 is 0 Å². The summed E-state index contributed by atoms with van der Waals surface area (Å²) in [5.74, 6) is 0. The number of nitrogens with zero attached hydrogens (tertiary/aromatic N) is 16. The Morgan fingerprint density at radius 1 is 0.262 bits per heavy atom. The predicted octanol–water partition coefficient (Wildman–Crippen LogP) is 16.9. The summed E-state index contributed by atoms with van der Waals surface area (Å²) in [5.41, 5.74) is 25.8. The molecule has 16 heteroatoms. The lowest BCUT2D eigenvalue weighted by Gasteiger charge is -2.02. The van der Waals surface area contributed by atoms with E-state index in [-0.39, 0.29) is 0 Å². The van der Waals surface area contributed by atoms with E-state index in [9.17, 15) is 0 Å². The summed E-state index contributed by atoms with van der Waals surface area (Å²) in [6.45, 7) is 49.0. The summed E-state index contributed by atoms with van der Waals surface area (Å²) >= 11 is 0. The van der Waals surface area contributed by atoms with Gasteiger partial charge in [0.25, 0.3) is 0 Å². The first-order valence-corrected chi connectivity index (χ1v) is 29.9. The summed E-state index contributed by atoms with van der Waals surface area (Å²) in [6.07, 6.45) is 18.4. The van der Waals surface area contributed by atoms with E-state index in [4.69, 9.17) is 0 Å². The Hall–Kier alpha value is -8.14. The number of hydrogen-bond donors (Lipinski definition) is 0. The van der Waals surface area contributed by atoms with Gasteiger partial charge >= 0.3 is 0 Å². The Labute approximate surface area is 503 Å². The van der Waals surface area contributed by atoms with Gasteiger partial charge in [-0.1, -0.05) is 101 Å². The molecule has 0 aliphatic carbocycles. The van der Waals surface area contributed by atoms with Gasteiger partial charge in [-0.25, -0.2) is 19.9 Å². The average molecular weight is 1150 g/mol. The van der Waals surface area contributed by atoms with Crippen molar-refractivity contribution in [3.8, 4) is 0 Å². The van der Waals surface area contributed by atoms with E-state index in [1.807, 2.05) is 212 Å². The highest BCUT2D eigenvalue weighted by molar-refractivity contribution is 5.84. The fourth-order valence-electron chi connectivity index (χ4n) is 8.76. The molecule has 0 N–H and O–H groups in total. The summed E-state index contributed by atoms with van der Waals surface area (Å²) in [7, 11) is 11.9. The van der Waals surface area contributed by atoms with Crippen molar-refractivity contribution in [2.75, 3.05) is 0 Å². The van der Waals surface area contributed by atoms with Crippen LogP contribution in [0.25, 0.3) is 66.1 Å². The van der Waals surface area contributed by atoms with Gasteiger partial charge in [-0.3, -0.25) is 29.0 Å². The molecule has 10 aromatic heterocycles. The van der Waals surface area contributed by atoms with Gasteiger partial charge in [0.05, 0.1) is 82.4 Å². The molecular weight excluding hydrogens is 1040 g/mol. The molecule has 0 unspecified atom stereocenters. The minimum atomic E-state index is 0.834. The molecular formula is C68H104N16. The first-order chi connectivity index (χ1) is 40.2. The molecule has 0 fully saturated rings. The zero-order valence-corrected chi connectivity index (χ0v) is 57.2. The maximum atomic E-state index is 4.28. The van der Waals surface area contributed by atoms with Crippen LogP contribution in [-0.4, -0.2) is 77.9 Å². The van der Waals surface area contributed by atoms with Crippen LogP contribution in [0.5, 0.6) is 0 Å². The molecule has 2 aromatic carbocycles. The second-order valence-electron chi connectivity index (χ2n) is 18.7. The smallest absolute Gasteiger partial charge is 0.177 e. The van der Waals surface area contributed by atoms with Crippen molar-refractivity contribution < 1.29 is 0 Å². The van der Waals surface area contributed by atoms with Crippen molar-refractivity contribution in [2.45, 2.75) is 166 Å². The van der Waals surface area contributed by atoms with E-state index in [1.54, 1.807) is 12.5 Å². The maximum absolute atomic E-state index is 4.28. The Morgan fingerprint density at radius 2 is 0.631 bits per heavy atom. The van der Waals surface area contributed by atoms with E-state index >= 15 is 0 Å². The van der Waals surface area contributed by atoms with Crippen LogP contribution in [-0.2, 0) is 42.3 Å². The zero-order chi connectivity index (χ0) is 64.3. The molecule has 12 rings (SSSR count). The van der Waals surface area contributed by atoms with Crippen LogP contribution in [0.15, 0.2) is 86.6 Å². The van der Waals surface area contributed by atoms with Gasteiger partial charge < -0.3 is 13.7 Å². The van der Waals surface area contributed by atoms with Crippen LogP contribution in [0.3, 0.4) is 0 Å². The lowest BCUT2D eigenvalue weighted by Crippen LogP contribution is -1.94. The Bertz CT molecular complexity index is 3220. The second-order valence-corrected chi connectivity index (χ2v) is 18.7. The summed E-state index contributed by atoms with van der Waals surface area (Å²) in [4.78, 5) is 29.7. The SMILES string of the molecule is CC.CC.CC.CC.CC.CC.Cc1ccc2cnn(C)c2c1C.Cc1ccc2ncn(C)c2c1C.Cc1cnc2cnn(C)c2c1C.Cc1cnc2ncn(C)c2c1C.Cc1ncc2cnn(C)c2c1C.Cc1ncc2ncn(C)c2c1C. The molecule has 0 spiro atoms. The molecule has 456 valence electrons. The molecule has 0 aliphatic rings. The summed E-state index contributed by atoms with van der Waals surface area (Å²) in [6, 6.07) is 8.44. The highest BCUT2D eigenvalue weighted by Gasteiger charge is 2.09. The van der Waals surface area contributed by atoms with E-state index in [0.29, 0.717) is 0 Å². The molecule has 10 heterocycles. The highest BCUT2D eigenvalue weighted by Crippen LogP contribution is 2.23. The second kappa shape index (κ2) is 36.4. The van der Waals surface area contributed by atoms with Gasteiger partial charge in [0, 0.05) is 83.0 Å². The first kappa shape index (κ1) is 73.9. The minimum Gasteiger partial charge on any atom is -0.334 e. The largest absolute Gasteiger partial charge is 0.334 e. The number of aromatic nitrogens is 16. The fraction of sp³-hybridized carbons (Fsp3) is 0.441. The Balaban J connectivity index is 0.000000486. The molecule has 0 bridgehead atoms. The molecule has 84 heavy (non-hydrogen) atoms. The predicted molar refractivity (Wildman–Crippen MR) is 360 cm³/mol. The molecule has 0 saturated carbocycles. The molecule has 0 atom stereocenters. The molecule has 12 aromatic rings. The molecule has 0 saturated heterocycles. The van der Waals surface area contributed by atoms with Crippen LogP contribution in [0.1, 0.15) is 150 Å². The monoisotopic (exact) mass is 1140 g/mol. The van der Waals surface area contributed by atoms with Crippen LogP contribution in [0.2, 0.25) is 0 Å². The maximum Gasteiger partial charge on any atom is 0.177 e. The topological polar surface area (TPSA) is 158 Å². The Morgan fingerprint density at radius 3 is 1.19 bits per heavy atom. The minimum absolute atomic E-state index is 0.834. The lowest BCUT2D eigenvalue weighted by atomic mass is 10.1. The number of rotatable bonds is 0. The standard InChI is InChI=1S/2C10H12N2.4C9H11N3.6C2H6/c1-7-4-5-9-10(8(7)2)12(3)6-11-9;1-7-4-5-9-6-11-12(3)10(9)8(7)2;1-6-7(2)10-4-8-9(6)12(3)5-11-8;1-6-7(2)10-4-8-5-11-12(3)9(6)8;1-6-4-10-9-8(7(6)2)12(3)5-11-9;1-6-4-10-8-5-11-12(3)9(8)7(6)2;6*1-2/h2*4-6H,1-3H3;4*4-5H,1-3H3;6*1-2H3. The number of imidazole rings is 3. The average Bonchev–Trinajstić information content (AvgIpc) is 4.52. The number of fused-ring (bicyclic) bond motifs is 6. The summed E-state index contributed by atoms with van der Waals surface area (Å²) in [5, 5.41) is 14.9. The van der Waals surface area contributed by atoms with E-state index in [2.05, 4.69) is 148 Å². The number of benzene rings is 2. The zero-order valence-electron chi connectivity index (χ0n) is 57.2. The van der Waals surface area contributed by atoms with Crippen molar-refractivity contribution in [3.63, 3.8) is 0 Å². The molecule has 0 radical (unpaired) electrons. The van der Waals surface area contributed by atoms with Crippen molar-refractivity contribution in [2.24, 2.45) is 42.3 Å². The lowest BCUT2D eigenvalue weighted by molar-refractivity contribution is 0.793. The third kappa shape index (κ3) is 17.9. The highest BCUT2D eigenvalue weighted by atomic mass is 15.3. The third-order valence-electron chi connectivity index (χ3n) is 13.8. The van der Waals surface area contributed by atoms with Crippen LogP contribution in [0.4, 0.5) is 0 Å². The normalized spacial score (nSPS) is 9.79. The molecule has 0 aliphatic heterocycles. The van der Waals surface area contributed by atoms with Gasteiger partial charge in [0.2, 0.25) is 0 Å². The van der Waals surface area contributed by atoms with Crippen molar-refractivity contribution in [1.82, 2.24) is 77.9 Å². The van der Waals surface area contributed by atoms with Gasteiger partial charge in [-0.2, -0.15) is 15.3 Å². The van der Waals surface area contributed by atoms with Crippen molar-refractivity contribution in [1.29, 1.82) is 0 Å². The van der Waals surface area contributed by atoms with Gasteiger partial charge in [0.15, 0.2) is 5.65 Å². The first-order valence-electron chi connectivity index (χ1n) is 29.9. The molecule has 16 nitrogen and oxygen atoms in total.